The Hall–Kier alpha value is -0.0800. The Kier molecular flexibility index (Phi) is 6.98. The van der Waals surface area contributed by atoms with Crippen LogP contribution in [0.4, 0.5) is 0 Å². The van der Waals surface area contributed by atoms with Gasteiger partial charge in [-0.1, -0.05) is 6.92 Å². The molecule has 1 atom stereocenters. The molecule has 0 N–H and O–H groups in total. The molecule has 0 aromatic carbocycles. The standard InChI is InChI=1S/C8H17O2/c1-3-8(2)10-7-5-4-6-9/h8H,3-7H2,1-2H3. The summed E-state index contributed by atoms with van der Waals surface area (Å²) in [6, 6.07) is 0. The Labute approximate surface area is 63.2 Å². The van der Waals surface area contributed by atoms with Crippen molar-refractivity contribution in [1.29, 1.82) is 0 Å². The second kappa shape index (κ2) is 7.03. The van der Waals surface area contributed by atoms with E-state index in [1.807, 2.05) is 0 Å². The van der Waals surface area contributed by atoms with Crippen LogP contribution in [0.5, 0.6) is 0 Å². The average Bonchev–Trinajstić information content (AvgIpc) is 1.98. The molecular weight excluding hydrogens is 128 g/mol. The van der Waals surface area contributed by atoms with Gasteiger partial charge in [-0.15, -0.1) is 0 Å². The van der Waals surface area contributed by atoms with Gasteiger partial charge in [0.25, 0.3) is 0 Å². The summed E-state index contributed by atoms with van der Waals surface area (Å²) in [5.41, 5.74) is 0. The van der Waals surface area contributed by atoms with Gasteiger partial charge in [0.2, 0.25) is 0 Å². The molecule has 0 amide bonds. The minimum Gasteiger partial charge on any atom is -0.379 e. The maximum Gasteiger partial charge on any atom is 0.0823 e. The maximum absolute atomic E-state index is 9.99. The average molecular weight is 145 g/mol. The van der Waals surface area contributed by atoms with Gasteiger partial charge in [0.05, 0.1) is 12.7 Å². The van der Waals surface area contributed by atoms with E-state index in [4.69, 9.17) is 4.74 Å². The van der Waals surface area contributed by atoms with Crippen molar-refractivity contribution in [1.82, 2.24) is 0 Å². The van der Waals surface area contributed by atoms with Crippen molar-refractivity contribution in [3.05, 3.63) is 0 Å². The predicted molar refractivity (Wildman–Crippen MR) is 40.5 cm³/mol. The Morgan fingerprint density at radius 3 is 2.60 bits per heavy atom. The number of ether oxygens (including phenoxy) is 1. The fraction of sp³-hybridized carbons (Fsp3) is 1.00. The molecule has 1 unspecified atom stereocenters. The zero-order valence-corrected chi connectivity index (χ0v) is 6.93. The zero-order valence-electron chi connectivity index (χ0n) is 6.93. The van der Waals surface area contributed by atoms with Crippen molar-refractivity contribution in [3.8, 4) is 0 Å². The molecule has 0 saturated heterocycles. The highest BCUT2D eigenvalue weighted by Crippen LogP contribution is 1.97. The van der Waals surface area contributed by atoms with Crippen LogP contribution in [0, 0.1) is 0 Å². The smallest absolute Gasteiger partial charge is 0.0823 e. The molecule has 0 spiro atoms. The lowest BCUT2D eigenvalue weighted by Gasteiger charge is -2.08. The van der Waals surface area contributed by atoms with Crippen molar-refractivity contribution in [2.75, 3.05) is 13.2 Å². The van der Waals surface area contributed by atoms with Crippen molar-refractivity contribution >= 4 is 0 Å². The van der Waals surface area contributed by atoms with Crippen LogP contribution in [0.1, 0.15) is 33.1 Å². The molecule has 0 heterocycles. The summed E-state index contributed by atoms with van der Waals surface area (Å²) in [6.45, 7) is 4.93. The first kappa shape index (κ1) is 9.92. The molecule has 61 valence electrons. The summed E-state index contributed by atoms with van der Waals surface area (Å²) in [7, 11) is 0. The minimum absolute atomic E-state index is 0.0316. The second-order valence-corrected chi connectivity index (χ2v) is 2.50. The number of unbranched alkanes of at least 4 members (excludes halogenated alkanes) is 1. The Bertz CT molecular complexity index is 64.3. The van der Waals surface area contributed by atoms with E-state index >= 15 is 0 Å². The highest BCUT2D eigenvalue weighted by atomic mass is 16.5. The summed E-state index contributed by atoms with van der Waals surface area (Å²) < 4.78 is 5.35. The van der Waals surface area contributed by atoms with Gasteiger partial charge in [0, 0.05) is 6.61 Å². The maximum atomic E-state index is 9.99. The third kappa shape index (κ3) is 6.05. The van der Waals surface area contributed by atoms with Gasteiger partial charge in [-0.05, 0) is 26.2 Å². The highest BCUT2D eigenvalue weighted by molar-refractivity contribution is 4.44. The molecule has 10 heavy (non-hydrogen) atoms. The lowest BCUT2D eigenvalue weighted by atomic mass is 10.3. The Morgan fingerprint density at radius 2 is 2.10 bits per heavy atom. The minimum atomic E-state index is 0.0316. The highest BCUT2D eigenvalue weighted by Gasteiger charge is 1.96. The van der Waals surface area contributed by atoms with Crippen LogP contribution in [0.15, 0.2) is 0 Å². The van der Waals surface area contributed by atoms with E-state index in [1.165, 1.54) is 0 Å². The molecule has 0 aliphatic heterocycles. The van der Waals surface area contributed by atoms with E-state index in [0.29, 0.717) is 6.10 Å². The van der Waals surface area contributed by atoms with E-state index in [1.54, 1.807) is 0 Å². The van der Waals surface area contributed by atoms with Crippen molar-refractivity contribution in [3.63, 3.8) is 0 Å². The van der Waals surface area contributed by atoms with E-state index < -0.39 is 0 Å². The molecule has 2 nitrogen and oxygen atoms in total. The van der Waals surface area contributed by atoms with Gasteiger partial charge < -0.3 is 4.74 Å². The third-order valence-electron chi connectivity index (χ3n) is 1.52. The molecule has 0 saturated carbocycles. The monoisotopic (exact) mass is 145 g/mol. The van der Waals surface area contributed by atoms with Crippen LogP contribution in [-0.4, -0.2) is 19.3 Å². The quantitative estimate of drug-likeness (QED) is 0.526. The van der Waals surface area contributed by atoms with Gasteiger partial charge >= 0.3 is 0 Å². The van der Waals surface area contributed by atoms with Crippen LogP contribution in [0.2, 0.25) is 0 Å². The molecule has 0 bridgehead atoms. The van der Waals surface area contributed by atoms with Crippen LogP contribution in [-0.2, 0) is 9.84 Å². The van der Waals surface area contributed by atoms with Crippen LogP contribution in [0.25, 0.3) is 0 Å². The largest absolute Gasteiger partial charge is 0.379 e. The number of hydrogen-bond acceptors (Lipinski definition) is 1. The second-order valence-electron chi connectivity index (χ2n) is 2.50. The number of hydrogen-bond donors (Lipinski definition) is 0. The van der Waals surface area contributed by atoms with Crippen molar-refractivity contribution < 1.29 is 9.84 Å². The normalized spacial score (nSPS) is 13.5. The molecule has 0 aromatic rings. The molecular formula is C8H17O2. The predicted octanol–water partition coefficient (Wildman–Crippen LogP) is 2.01. The van der Waals surface area contributed by atoms with Gasteiger partial charge in [-0.3, -0.25) is 0 Å². The molecule has 0 fully saturated rings. The number of rotatable bonds is 6. The van der Waals surface area contributed by atoms with E-state index in [9.17, 15) is 5.11 Å². The lowest BCUT2D eigenvalue weighted by molar-refractivity contribution is 0.0562. The molecule has 0 aliphatic rings. The SMILES string of the molecule is CCC(C)OCCCC[O]. The topological polar surface area (TPSA) is 29.1 Å². The summed E-state index contributed by atoms with van der Waals surface area (Å²) >= 11 is 0. The summed E-state index contributed by atoms with van der Waals surface area (Å²) in [6.07, 6.45) is 3.06. The van der Waals surface area contributed by atoms with Gasteiger partial charge in [0.15, 0.2) is 0 Å². The third-order valence-corrected chi connectivity index (χ3v) is 1.52. The van der Waals surface area contributed by atoms with Gasteiger partial charge in [-0.25, -0.2) is 5.11 Å². The van der Waals surface area contributed by atoms with Crippen molar-refractivity contribution in [2.45, 2.75) is 39.2 Å². The molecule has 0 aliphatic carbocycles. The molecule has 2 heteroatoms. The summed E-state index contributed by atoms with van der Waals surface area (Å²) in [5, 5.41) is 9.99. The van der Waals surface area contributed by atoms with Gasteiger partial charge in [-0.2, -0.15) is 0 Å². The molecule has 0 rings (SSSR count). The fourth-order valence-corrected chi connectivity index (χ4v) is 0.606. The molecule has 0 aromatic heterocycles. The molecule has 1 radical (unpaired) electrons. The van der Waals surface area contributed by atoms with Crippen LogP contribution in [0.3, 0.4) is 0 Å². The summed E-state index contributed by atoms with van der Waals surface area (Å²) in [5.74, 6) is 0. The van der Waals surface area contributed by atoms with Crippen molar-refractivity contribution in [2.24, 2.45) is 0 Å². The summed E-state index contributed by atoms with van der Waals surface area (Å²) in [4.78, 5) is 0. The Balaban J connectivity index is 2.89. The van der Waals surface area contributed by atoms with Crippen LogP contribution >= 0.6 is 0 Å². The first-order valence-electron chi connectivity index (χ1n) is 4.01. The lowest BCUT2D eigenvalue weighted by Crippen LogP contribution is -2.07. The zero-order chi connectivity index (χ0) is 7.82. The Morgan fingerprint density at radius 1 is 1.40 bits per heavy atom. The van der Waals surface area contributed by atoms with Crippen LogP contribution < -0.4 is 0 Å². The van der Waals surface area contributed by atoms with E-state index in [2.05, 4.69) is 13.8 Å². The van der Waals surface area contributed by atoms with Gasteiger partial charge in [0.1, 0.15) is 0 Å². The first-order chi connectivity index (χ1) is 4.81. The fourth-order valence-electron chi connectivity index (χ4n) is 0.606. The van der Waals surface area contributed by atoms with E-state index in [0.717, 1.165) is 25.9 Å². The first-order valence-corrected chi connectivity index (χ1v) is 4.01. The van der Waals surface area contributed by atoms with E-state index in [-0.39, 0.29) is 6.61 Å².